The summed E-state index contributed by atoms with van der Waals surface area (Å²) in [4.78, 5) is 10.9. The summed E-state index contributed by atoms with van der Waals surface area (Å²) in [6.07, 6.45) is 9.10. The molecule has 0 radical (unpaired) electrons. The number of fused-ring (bicyclic) bond motifs is 3. The number of piperazine rings is 1. The lowest BCUT2D eigenvalue weighted by molar-refractivity contribution is 0.0256. The van der Waals surface area contributed by atoms with Crippen LogP contribution in [-0.2, 0) is 4.84 Å². The third-order valence-corrected chi connectivity index (χ3v) is 6.10. The minimum atomic E-state index is 0.124. The van der Waals surface area contributed by atoms with Gasteiger partial charge in [-0.05, 0) is 11.1 Å². The van der Waals surface area contributed by atoms with E-state index in [4.69, 9.17) is 4.84 Å². The van der Waals surface area contributed by atoms with Crippen molar-refractivity contribution in [2.75, 3.05) is 39.3 Å². The molecule has 2 aromatic carbocycles. The molecule has 4 heteroatoms. The molecule has 3 aliphatic rings. The van der Waals surface area contributed by atoms with Crippen molar-refractivity contribution in [1.29, 1.82) is 0 Å². The average molecular weight is 386 g/mol. The summed E-state index contributed by atoms with van der Waals surface area (Å²) >= 11 is 0. The molecule has 0 aromatic heterocycles. The number of oxime groups is 1. The van der Waals surface area contributed by atoms with E-state index in [9.17, 15) is 0 Å². The highest BCUT2D eigenvalue weighted by Crippen LogP contribution is 2.31. The molecule has 1 saturated heterocycles. The zero-order valence-electron chi connectivity index (χ0n) is 16.7. The highest BCUT2D eigenvalue weighted by Gasteiger charge is 2.37. The molecule has 0 amide bonds. The van der Waals surface area contributed by atoms with Crippen molar-refractivity contribution in [3.8, 4) is 0 Å². The predicted molar refractivity (Wildman–Crippen MR) is 119 cm³/mol. The van der Waals surface area contributed by atoms with Crippen LogP contribution in [0, 0.1) is 5.92 Å². The molecule has 0 N–H and O–H groups in total. The first-order chi connectivity index (χ1) is 14.4. The first-order valence-electron chi connectivity index (χ1n) is 10.5. The maximum atomic E-state index is 5.87. The van der Waals surface area contributed by atoms with Crippen LogP contribution in [0.2, 0.25) is 0 Å². The number of nitrogens with zero attached hydrogens (tertiary/aromatic N) is 3. The Hall–Kier alpha value is -2.69. The summed E-state index contributed by atoms with van der Waals surface area (Å²) in [5, 5.41) is 4.45. The molecular formula is C25H27N3O. The van der Waals surface area contributed by atoms with Gasteiger partial charge in [-0.1, -0.05) is 84.1 Å². The number of hydrogen-bond donors (Lipinski definition) is 0. The lowest BCUT2D eigenvalue weighted by Crippen LogP contribution is -2.49. The van der Waals surface area contributed by atoms with Crippen LogP contribution in [0.15, 0.2) is 71.9 Å². The fourth-order valence-corrected chi connectivity index (χ4v) is 4.41. The molecule has 1 fully saturated rings. The van der Waals surface area contributed by atoms with Crippen molar-refractivity contribution in [1.82, 2.24) is 9.80 Å². The van der Waals surface area contributed by atoms with Gasteiger partial charge in [0.15, 0.2) is 6.10 Å². The summed E-state index contributed by atoms with van der Waals surface area (Å²) in [6, 6.07) is 19.0. The van der Waals surface area contributed by atoms with Gasteiger partial charge >= 0.3 is 0 Å². The zero-order valence-corrected chi connectivity index (χ0v) is 16.7. The maximum absolute atomic E-state index is 5.87. The van der Waals surface area contributed by atoms with E-state index in [1.54, 1.807) is 0 Å². The first kappa shape index (κ1) is 18.3. The Morgan fingerprint density at radius 2 is 1.69 bits per heavy atom. The summed E-state index contributed by atoms with van der Waals surface area (Å²) in [5.41, 5.74) is 4.82. The molecule has 0 bridgehead atoms. The molecule has 2 heterocycles. The molecule has 2 aromatic rings. The monoisotopic (exact) mass is 385 g/mol. The minimum absolute atomic E-state index is 0.124. The second-order valence-corrected chi connectivity index (χ2v) is 8.01. The molecule has 1 aliphatic carbocycles. The smallest absolute Gasteiger partial charge is 0.152 e. The first-order valence-corrected chi connectivity index (χ1v) is 10.5. The summed E-state index contributed by atoms with van der Waals surface area (Å²) in [6.45, 7) is 6.32. The van der Waals surface area contributed by atoms with Crippen LogP contribution in [0.1, 0.15) is 16.7 Å². The summed E-state index contributed by atoms with van der Waals surface area (Å²) < 4.78 is 0. The van der Waals surface area contributed by atoms with E-state index in [1.807, 2.05) is 0 Å². The molecule has 148 valence electrons. The maximum Gasteiger partial charge on any atom is 0.152 e. The van der Waals surface area contributed by atoms with Gasteiger partial charge in [0.05, 0.1) is 11.6 Å². The Balaban J connectivity index is 1.11. The van der Waals surface area contributed by atoms with Crippen molar-refractivity contribution >= 4 is 17.9 Å². The number of rotatable bonds is 5. The van der Waals surface area contributed by atoms with Gasteiger partial charge in [0, 0.05) is 44.8 Å². The van der Waals surface area contributed by atoms with Crippen molar-refractivity contribution in [2.24, 2.45) is 11.1 Å². The second-order valence-electron chi connectivity index (χ2n) is 8.01. The van der Waals surface area contributed by atoms with Gasteiger partial charge in [-0.25, -0.2) is 0 Å². The van der Waals surface area contributed by atoms with Gasteiger partial charge in [0.2, 0.25) is 0 Å². The van der Waals surface area contributed by atoms with E-state index in [1.165, 1.54) is 16.7 Å². The molecule has 0 saturated carbocycles. The molecule has 2 atom stereocenters. The number of hydrogen-bond acceptors (Lipinski definition) is 4. The Morgan fingerprint density at radius 3 is 2.55 bits per heavy atom. The van der Waals surface area contributed by atoms with E-state index in [-0.39, 0.29) is 12.0 Å². The van der Waals surface area contributed by atoms with Crippen molar-refractivity contribution in [2.45, 2.75) is 6.10 Å². The highest BCUT2D eigenvalue weighted by molar-refractivity contribution is 6.08. The van der Waals surface area contributed by atoms with Gasteiger partial charge in [-0.2, -0.15) is 0 Å². The molecule has 0 unspecified atom stereocenters. The molecule has 2 aliphatic heterocycles. The fraction of sp³-hybridized carbons (Fsp3) is 0.320. The van der Waals surface area contributed by atoms with Crippen LogP contribution in [0.25, 0.3) is 12.2 Å². The van der Waals surface area contributed by atoms with E-state index in [0.717, 1.165) is 45.0 Å². The normalized spacial score (nSPS) is 24.2. The van der Waals surface area contributed by atoms with Gasteiger partial charge in [-0.15, -0.1) is 0 Å². The fourth-order valence-electron chi connectivity index (χ4n) is 4.41. The summed E-state index contributed by atoms with van der Waals surface area (Å²) in [7, 11) is 0. The van der Waals surface area contributed by atoms with Crippen molar-refractivity contribution < 1.29 is 4.84 Å². The predicted octanol–water partition coefficient (Wildman–Crippen LogP) is 3.76. The average Bonchev–Trinajstić information content (AvgIpc) is 3.19. The molecule has 4 nitrogen and oxygen atoms in total. The Labute approximate surface area is 172 Å². The van der Waals surface area contributed by atoms with Crippen LogP contribution < -0.4 is 0 Å². The summed E-state index contributed by atoms with van der Waals surface area (Å²) in [5.74, 6) is 0.275. The number of benzene rings is 2. The van der Waals surface area contributed by atoms with Crippen LogP contribution >= 0.6 is 0 Å². The second kappa shape index (κ2) is 8.36. The van der Waals surface area contributed by atoms with Gasteiger partial charge < -0.3 is 4.84 Å². The Bertz CT molecular complexity index is 926. The lowest BCUT2D eigenvalue weighted by Gasteiger charge is -2.35. The third-order valence-electron chi connectivity index (χ3n) is 6.10. The lowest BCUT2D eigenvalue weighted by atomic mass is 9.85. The standard InChI is InChI=1S/C25H27N3O/c1-2-7-20(8-3-1)9-6-14-27-15-17-28(18-16-27)19-24-23-13-12-21-10-4-5-11-22(21)25(23)26-29-24/h1-13,23-24H,14-19H2/b9-6+/t23-,24-/m0/s1. The largest absolute Gasteiger partial charge is 0.390 e. The molecule has 0 spiro atoms. The highest BCUT2D eigenvalue weighted by atomic mass is 16.6. The van der Waals surface area contributed by atoms with Crippen LogP contribution in [0.4, 0.5) is 0 Å². The molecule has 29 heavy (non-hydrogen) atoms. The molecule has 5 rings (SSSR count). The quantitative estimate of drug-likeness (QED) is 0.784. The Kier molecular flexibility index (Phi) is 5.29. The Morgan fingerprint density at radius 1 is 0.931 bits per heavy atom. The minimum Gasteiger partial charge on any atom is -0.390 e. The van der Waals surface area contributed by atoms with E-state index >= 15 is 0 Å². The van der Waals surface area contributed by atoms with Crippen molar-refractivity contribution in [3.63, 3.8) is 0 Å². The van der Waals surface area contributed by atoms with E-state index in [2.05, 4.69) is 93.9 Å². The zero-order chi connectivity index (χ0) is 19.5. The van der Waals surface area contributed by atoms with E-state index in [0.29, 0.717) is 0 Å². The SMILES string of the molecule is C1=C[C@@H]2C(=NO[C@H]2CN2CCN(C/C=C/c3ccccc3)CC2)c2ccccc21. The van der Waals surface area contributed by atoms with Gasteiger partial charge in [0.25, 0.3) is 0 Å². The van der Waals surface area contributed by atoms with E-state index < -0.39 is 0 Å². The van der Waals surface area contributed by atoms with Gasteiger partial charge in [-0.3, -0.25) is 9.80 Å². The van der Waals surface area contributed by atoms with Crippen LogP contribution in [0.3, 0.4) is 0 Å². The third kappa shape index (κ3) is 4.04. The van der Waals surface area contributed by atoms with Crippen molar-refractivity contribution in [3.05, 3.63) is 83.4 Å². The van der Waals surface area contributed by atoms with Crippen LogP contribution in [0.5, 0.6) is 0 Å². The van der Waals surface area contributed by atoms with Gasteiger partial charge in [0.1, 0.15) is 0 Å². The van der Waals surface area contributed by atoms with Crippen LogP contribution in [-0.4, -0.2) is 60.9 Å². The topological polar surface area (TPSA) is 28.1 Å². The molecular weight excluding hydrogens is 358 g/mol.